The van der Waals surface area contributed by atoms with E-state index in [4.69, 9.17) is 0 Å². The lowest BCUT2D eigenvalue weighted by atomic mass is 9.95. The van der Waals surface area contributed by atoms with Crippen molar-refractivity contribution in [1.82, 2.24) is 0 Å². The van der Waals surface area contributed by atoms with Crippen molar-refractivity contribution in [2.45, 2.75) is 175 Å². The Morgan fingerprint density at radius 2 is 0.621 bits per heavy atom. The van der Waals surface area contributed by atoms with E-state index >= 15 is 0 Å². The van der Waals surface area contributed by atoms with Gasteiger partial charge in [-0.3, -0.25) is 0 Å². The molecule has 0 aliphatic heterocycles. The Bertz CT molecular complexity index is 282. The fraction of sp³-hybridized carbons (Fsp3) is 1.00. The molecular formula is C29H60. The van der Waals surface area contributed by atoms with E-state index in [2.05, 4.69) is 27.7 Å². The van der Waals surface area contributed by atoms with E-state index in [1.165, 1.54) is 148 Å². The largest absolute Gasteiger partial charge is 0.0654 e. The third kappa shape index (κ3) is 24.1. The summed E-state index contributed by atoms with van der Waals surface area (Å²) in [6, 6.07) is 0. The summed E-state index contributed by atoms with van der Waals surface area (Å²) in [5.41, 5.74) is 0. The molecule has 0 heteroatoms. The predicted molar refractivity (Wildman–Crippen MR) is 136 cm³/mol. The van der Waals surface area contributed by atoms with E-state index in [0.717, 1.165) is 11.8 Å². The van der Waals surface area contributed by atoms with E-state index in [0.29, 0.717) is 0 Å². The highest BCUT2D eigenvalue weighted by Crippen LogP contribution is 2.19. The maximum Gasteiger partial charge on any atom is -0.0443 e. The molecule has 0 bridgehead atoms. The zero-order valence-electron chi connectivity index (χ0n) is 21.4. The fourth-order valence-electron chi connectivity index (χ4n) is 4.55. The van der Waals surface area contributed by atoms with Gasteiger partial charge in [-0.05, 0) is 11.8 Å². The van der Waals surface area contributed by atoms with Crippen LogP contribution in [-0.2, 0) is 0 Å². The number of hydrogen-bond donors (Lipinski definition) is 0. The summed E-state index contributed by atoms with van der Waals surface area (Å²) >= 11 is 0. The molecule has 0 N–H and O–H groups in total. The Balaban J connectivity index is 3.16. The highest BCUT2D eigenvalue weighted by Gasteiger charge is 2.03. The van der Waals surface area contributed by atoms with Crippen LogP contribution in [0.3, 0.4) is 0 Å². The van der Waals surface area contributed by atoms with Gasteiger partial charge in [-0.25, -0.2) is 0 Å². The van der Waals surface area contributed by atoms with Gasteiger partial charge in [-0.2, -0.15) is 0 Å². The van der Waals surface area contributed by atoms with Gasteiger partial charge in [0, 0.05) is 0 Å². The maximum absolute atomic E-state index is 2.49. The van der Waals surface area contributed by atoms with Gasteiger partial charge in [-0.1, -0.05) is 175 Å². The summed E-state index contributed by atoms with van der Waals surface area (Å²) in [5, 5.41) is 0. The van der Waals surface area contributed by atoms with E-state index in [1.807, 2.05) is 0 Å². The quantitative estimate of drug-likeness (QED) is 0.139. The molecular weight excluding hydrogens is 348 g/mol. The fourth-order valence-corrected chi connectivity index (χ4v) is 4.55. The highest BCUT2D eigenvalue weighted by molar-refractivity contribution is 4.57. The second-order valence-electron chi connectivity index (χ2n) is 10.3. The van der Waals surface area contributed by atoms with Gasteiger partial charge in [0.05, 0.1) is 0 Å². The van der Waals surface area contributed by atoms with Crippen LogP contribution < -0.4 is 0 Å². The lowest BCUT2D eigenvalue weighted by Crippen LogP contribution is -1.95. The normalized spacial score (nSPS) is 13.7. The Morgan fingerprint density at radius 1 is 0.345 bits per heavy atom. The molecule has 176 valence electrons. The smallest absolute Gasteiger partial charge is 0.0443 e. The molecule has 0 aliphatic carbocycles. The standard InChI is InChI=1S/C29H60/c1-5-7-8-9-10-11-12-13-14-15-16-20-23-26-29(4)27-24-21-18-17-19-22-25-28(3)6-2/h28-29H,5-27H2,1-4H3. The van der Waals surface area contributed by atoms with E-state index in [-0.39, 0.29) is 0 Å². The van der Waals surface area contributed by atoms with E-state index in [9.17, 15) is 0 Å². The summed E-state index contributed by atoms with van der Waals surface area (Å²) in [4.78, 5) is 0. The average molecular weight is 409 g/mol. The molecule has 0 heterocycles. The molecule has 0 spiro atoms. The van der Waals surface area contributed by atoms with Crippen LogP contribution >= 0.6 is 0 Å². The van der Waals surface area contributed by atoms with E-state index in [1.54, 1.807) is 0 Å². The summed E-state index contributed by atoms with van der Waals surface area (Å²) < 4.78 is 0. The van der Waals surface area contributed by atoms with Gasteiger partial charge in [0.1, 0.15) is 0 Å². The molecule has 0 radical (unpaired) electrons. The average Bonchev–Trinajstić information content (AvgIpc) is 2.73. The summed E-state index contributed by atoms with van der Waals surface area (Å²) in [5.74, 6) is 1.91. The third-order valence-electron chi connectivity index (χ3n) is 7.14. The molecule has 0 saturated carbocycles. The highest BCUT2D eigenvalue weighted by atomic mass is 14.1. The molecule has 0 saturated heterocycles. The maximum atomic E-state index is 2.49. The van der Waals surface area contributed by atoms with Gasteiger partial charge >= 0.3 is 0 Å². The predicted octanol–water partition coefficient (Wildman–Crippen LogP) is 11.3. The minimum Gasteiger partial charge on any atom is -0.0654 e. The monoisotopic (exact) mass is 408 g/mol. The first-order valence-corrected chi connectivity index (χ1v) is 14.2. The molecule has 0 aromatic rings. The molecule has 0 fully saturated rings. The van der Waals surface area contributed by atoms with Crippen LogP contribution in [-0.4, -0.2) is 0 Å². The second kappa shape index (κ2) is 24.3. The molecule has 0 aliphatic rings. The minimum absolute atomic E-state index is 0.945. The molecule has 0 amide bonds. The van der Waals surface area contributed by atoms with Crippen LogP contribution in [0.4, 0.5) is 0 Å². The lowest BCUT2D eigenvalue weighted by Gasteiger charge is -2.11. The van der Waals surface area contributed by atoms with Gasteiger partial charge in [0.25, 0.3) is 0 Å². The van der Waals surface area contributed by atoms with Crippen LogP contribution in [0.15, 0.2) is 0 Å². The van der Waals surface area contributed by atoms with Crippen molar-refractivity contribution in [3.05, 3.63) is 0 Å². The topological polar surface area (TPSA) is 0 Å². The number of rotatable bonds is 24. The third-order valence-corrected chi connectivity index (χ3v) is 7.14. The van der Waals surface area contributed by atoms with Crippen molar-refractivity contribution in [2.24, 2.45) is 11.8 Å². The molecule has 29 heavy (non-hydrogen) atoms. The number of hydrogen-bond acceptors (Lipinski definition) is 0. The number of unbranched alkanes of at least 4 members (excludes halogenated alkanes) is 17. The Hall–Kier alpha value is 0. The lowest BCUT2D eigenvalue weighted by molar-refractivity contribution is 0.427. The van der Waals surface area contributed by atoms with Crippen LogP contribution in [0.25, 0.3) is 0 Å². The molecule has 2 atom stereocenters. The van der Waals surface area contributed by atoms with Crippen LogP contribution in [0.2, 0.25) is 0 Å². The van der Waals surface area contributed by atoms with Crippen LogP contribution in [0.1, 0.15) is 175 Å². The first-order valence-electron chi connectivity index (χ1n) is 14.2. The van der Waals surface area contributed by atoms with Crippen LogP contribution in [0.5, 0.6) is 0 Å². The van der Waals surface area contributed by atoms with Crippen molar-refractivity contribution in [2.75, 3.05) is 0 Å². The van der Waals surface area contributed by atoms with Crippen molar-refractivity contribution < 1.29 is 0 Å². The van der Waals surface area contributed by atoms with Crippen molar-refractivity contribution in [3.8, 4) is 0 Å². The van der Waals surface area contributed by atoms with E-state index < -0.39 is 0 Å². The molecule has 0 nitrogen and oxygen atoms in total. The SMILES string of the molecule is CCCCCCCCCCCCCCCC(C)CCCCCCCCC(C)CC. The zero-order valence-corrected chi connectivity index (χ0v) is 21.4. The van der Waals surface area contributed by atoms with Gasteiger partial charge in [0.15, 0.2) is 0 Å². The molecule has 2 unspecified atom stereocenters. The first kappa shape index (κ1) is 29.0. The van der Waals surface area contributed by atoms with Crippen molar-refractivity contribution in [1.29, 1.82) is 0 Å². The zero-order chi connectivity index (χ0) is 21.4. The van der Waals surface area contributed by atoms with Crippen molar-refractivity contribution >= 4 is 0 Å². The van der Waals surface area contributed by atoms with Gasteiger partial charge in [0.2, 0.25) is 0 Å². The molecule has 0 aromatic heterocycles. The Kier molecular flexibility index (Phi) is 24.3. The minimum atomic E-state index is 0.945. The Labute approximate surface area is 187 Å². The summed E-state index contributed by atoms with van der Waals surface area (Å²) in [6.45, 7) is 9.52. The first-order chi connectivity index (χ1) is 14.2. The Morgan fingerprint density at radius 3 is 0.931 bits per heavy atom. The molecule has 0 aromatic carbocycles. The second-order valence-corrected chi connectivity index (χ2v) is 10.3. The van der Waals surface area contributed by atoms with Gasteiger partial charge in [-0.15, -0.1) is 0 Å². The molecule has 0 rings (SSSR count). The summed E-state index contributed by atoms with van der Waals surface area (Å²) in [7, 11) is 0. The van der Waals surface area contributed by atoms with Crippen LogP contribution in [0, 0.1) is 11.8 Å². The summed E-state index contributed by atoms with van der Waals surface area (Å²) in [6.07, 6.45) is 33.7. The van der Waals surface area contributed by atoms with Crippen molar-refractivity contribution in [3.63, 3.8) is 0 Å². The van der Waals surface area contributed by atoms with Gasteiger partial charge < -0.3 is 0 Å².